The van der Waals surface area contributed by atoms with Crippen LogP contribution < -0.4 is 10.1 Å². The van der Waals surface area contributed by atoms with Crippen molar-refractivity contribution in [3.63, 3.8) is 0 Å². The summed E-state index contributed by atoms with van der Waals surface area (Å²) in [5, 5.41) is 3.45. The maximum Gasteiger partial charge on any atom is 0.122 e. The van der Waals surface area contributed by atoms with Crippen LogP contribution in [0.2, 0.25) is 0 Å². The molecular weight excluding hydrogens is 260 g/mol. The number of rotatable bonds is 7. The number of methoxy groups -OCH3 is 1. The lowest BCUT2D eigenvalue weighted by Crippen LogP contribution is -2.48. The zero-order chi connectivity index (χ0) is 16.0. The van der Waals surface area contributed by atoms with Gasteiger partial charge in [-0.05, 0) is 44.5 Å². The summed E-state index contributed by atoms with van der Waals surface area (Å²) in [6, 6.07) is 9.24. The standard InChI is InChI=1S/C18H32N2O/c1-14(12-15-10-8-9-11-16(15)21-7)20(6)13-17(19-5)18(2,3)4/h8-11,14,17,19H,12-13H2,1-7H3. The summed E-state index contributed by atoms with van der Waals surface area (Å²) in [7, 11) is 5.99. The summed E-state index contributed by atoms with van der Waals surface area (Å²) in [6.45, 7) is 10.2. The number of hydrogen-bond donors (Lipinski definition) is 1. The summed E-state index contributed by atoms with van der Waals surface area (Å²) in [6.07, 6.45) is 1.00. The third-order valence-electron chi connectivity index (χ3n) is 4.32. The predicted molar refractivity (Wildman–Crippen MR) is 91.1 cm³/mol. The van der Waals surface area contributed by atoms with E-state index in [-0.39, 0.29) is 5.41 Å². The highest BCUT2D eigenvalue weighted by Gasteiger charge is 2.25. The second-order valence-corrected chi connectivity index (χ2v) is 7.01. The van der Waals surface area contributed by atoms with Crippen molar-refractivity contribution in [2.24, 2.45) is 5.41 Å². The largest absolute Gasteiger partial charge is 0.496 e. The van der Waals surface area contributed by atoms with Crippen LogP contribution in [0.1, 0.15) is 33.3 Å². The molecule has 21 heavy (non-hydrogen) atoms. The van der Waals surface area contributed by atoms with E-state index in [1.165, 1.54) is 5.56 Å². The van der Waals surface area contributed by atoms with Gasteiger partial charge in [-0.2, -0.15) is 0 Å². The Hall–Kier alpha value is -1.06. The van der Waals surface area contributed by atoms with Crippen LogP contribution in [0.3, 0.4) is 0 Å². The SMILES string of the molecule is CNC(CN(C)C(C)Cc1ccccc1OC)C(C)(C)C. The molecule has 3 heteroatoms. The minimum atomic E-state index is 0.257. The monoisotopic (exact) mass is 292 g/mol. The minimum Gasteiger partial charge on any atom is -0.496 e. The quantitative estimate of drug-likeness (QED) is 0.835. The van der Waals surface area contributed by atoms with Gasteiger partial charge in [0.2, 0.25) is 0 Å². The number of para-hydroxylation sites is 1. The molecular formula is C18H32N2O. The van der Waals surface area contributed by atoms with Gasteiger partial charge in [-0.1, -0.05) is 39.0 Å². The highest BCUT2D eigenvalue weighted by atomic mass is 16.5. The Bertz CT molecular complexity index is 425. The summed E-state index contributed by atoms with van der Waals surface area (Å²) < 4.78 is 5.45. The number of nitrogens with zero attached hydrogens (tertiary/aromatic N) is 1. The molecule has 0 saturated heterocycles. The van der Waals surface area contributed by atoms with Crippen molar-refractivity contribution < 1.29 is 4.74 Å². The molecule has 0 aliphatic carbocycles. The van der Waals surface area contributed by atoms with Crippen molar-refractivity contribution in [1.29, 1.82) is 0 Å². The van der Waals surface area contributed by atoms with Gasteiger partial charge in [0.25, 0.3) is 0 Å². The molecule has 0 heterocycles. The average molecular weight is 292 g/mol. The smallest absolute Gasteiger partial charge is 0.122 e. The third-order valence-corrected chi connectivity index (χ3v) is 4.32. The number of nitrogens with one attached hydrogen (secondary N) is 1. The van der Waals surface area contributed by atoms with E-state index in [9.17, 15) is 0 Å². The van der Waals surface area contributed by atoms with Crippen LogP contribution in [-0.4, -0.2) is 44.7 Å². The van der Waals surface area contributed by atoms with Crippen LogP contribution in [-0.2, 0) is 6.42 Å². The summed E-state index contributed by atoms with van der Waals surface area (Å²) >= 11 is 0. The van der Waals surface area contributed by atoms with E-state index in [0.29, 0.717) is 12.1 Å². The predicted octanol–water partition coefficient (Wildman–Crippen LogP) is 3.19. The molecule has 0 aliphatic heterocycles. The molecule has 0 radical (unpaired) electrons. The van der Waals surface area contributed by atoms with Gasteiger partial charge in [0.05, 0.1) is 7.11 Å². The van der Waals surface area contributed by atoms with Gasteiger partial charge in [-0.25, -0.2) is 0 Å². The molecule has 2 unspecified atom stereocenters. The fourth-order valence-electron chi connectivity index (χ4n) is 2.61. The normalized spacial score (nSPS) is 15.0. The molecule has 3 nitrogen and oxygen atoms in total. The van der Waals surface area contributed by atoms with Gasteiger partial charge >= 0.3 is 0 Å². The average Bonchev–Trinajstić information content (AvgIpc) is 2.43. The molecule has 1 aromatic carbocycles. The Labute approximate surface area is 130 Å². The zero-order valence-electron chi connectivity index (χ0n) is 14.7. The summed E-state index contributed by atoms with van der Waals surface area (Å²) in [5.74, 6) is 0.985. The van der Waals surface area contributed by atoms with Gasteiger partial charge in [0.15, 0.2) is 0 Å². The number of benzene rings is 1. The molecule has 2 atom stereocenters. The first-order chi connectivity index (χ1) is 9.79. The second-order valence-electron chi connectivity index (χ2n) is 7.01. The topological polar surface area (TPSA) is 24.5 Å². The van der Waals surface area contributed by atoms with E-state index >= 15 is 0 Å². The van der Waals surface area contributed by atoms with Gasteiger partial charge in [-0.3, -0.25) is 0 Å². The third kappa shape index (κ3) is 5.33. The Morgan fingerprint density at radius 2 is 1.86 bits per heavy atom. The van der Waals surface area contributed by atoms with Gasteiger partial charge in [0, 0.05) is 18.6 Å². The maximum atomic E-state index is 5.45. The Morgan fingerprint density at radius 3 is 2.38 bits per heavy atom. The fourth-order valence-corrected chi connectivity index (χ4v) is 2.61. The fraction of sp³-hybridized carbons (Fsp3) is 0.667. The first-order valence-electron chi connectivity index (χ1n) is 7.79. The van der Waals surface area contributed by atoms with Crippen molar-refractivity contribution in [3.8, 4) is 5.75 Å². The van der Waals surface area contributed by atoms with Crippen molar-refractivity contribution in [2.45, 2.75) is 46.2 Å². The lowest BCUT2D eigenvalue weighted by Gasteiger charge is -2.36. The molecule has 0 fully saturated rings. The highest BCUT2D eigenvalue weighted by molar-refractivity contribution is 5.33. The molecule has 120 valence electrons. The van der Waals surface area contributed by atoms with Crippen LogP contribution >= 0.6 is 0 Å². The number of ether oxygens (including phenoxy) is 1. The molecule has 1 N–H and O–H groups in total. The van der Waals surface area contributed by atoms with Crippen LogP contribution in [0.25, 0.3) is 0 Å². The summed E-state index contributed by atoms with van der Waals surface area (Å²) in [4.78, 5) is 2.43. The van der Waals surface area contributed by atoms with Crippen LogP contribution in [0.5, 0.6) is 5.75 Å². The van der Waals surface area contributed by atoms with Gasteiger partial charge < -0.3 is 15.0 Å². The molecule has 0 saturated carbocycles. The van der Waals surface area contributed by atoms with Crippen LogP contribution in [0.4, 0.5) is 0 Å². The van der Waals surface area contributed by atoms with E-state index < -0.39 is 0 Å². The van der Waals surface area contributed by atoms with E-state index in [4.69, 9.17) is 4.74 Å². The van der Waals surface area contributed by atoms with E-state index in [2.05, 4.69) is 64.1 Å². The zero-order valence-corrected chi connectivity index (χ0v) is 14.7. The molecule has 0 bridgehead atoms. The molecule has 0 spiro atoms. The number of likely N-dealkylation sites (N-methyl/N-ethyl adjacent to an activating group) is 2. The van der Waals surface area contributed by atoms with E-state index in [1.54, 1.807) is 7.11 Å². The molecule has 0 amide bonds. The minimum absolute atomic E-state index is 0.257. The molecule has 0 aromatic heterocycles. The Balaban J connectivity index is 2.68. The van der Waals surface area contributed by atoms with E-state index in [0.717, 1.165) is 18.7 Å². The van der Waals surface area contributed by atoms with Gasteiger partial charge in [0.1, 0.15) is 5.75 Å². The van der Waals surface area contributed by atoms with Crippen molar-refractivity contribution >= 4 is 0 Å². The molecule has 1 aromatic rings. The first kappa shape index (κ1) is 18.0. The van der Waals surface area contributed by atoms with Crippen molar-refractivity contribution in [2.75, 3.05) is 27.7 Å². The second kappa shape index (κ2) is 7.81. The van der Waals surface area contributed by atoms with Gasteiger partial charge in [-0.15, -0.1) is 0 Å². The highest BCUT2D eigenvalue weighted by Crippen LogP contribution is 2.23. The first-order valence-corrected chi connectivity index (χ1v) is 7.79. The van der Waals surface area contributed by atoms with Crippen LogP contribution in [0.15, 0.2) is 24.3 Å². The Morgan fingerprint density at radius 1 is 1.24 bits per heavy atom. The lowest BCUT2D eigenvalue weighted by molar-refractivity contribution is 0.170. The lowest BCUT2D eigenvalue weighted by atomic mass is 9.86. The molecule has 1 rings (SSSR count). The maximum absolute atomic E-state index is 5.45. The van der Waals surface area contributed by atoms with Crippen LogP contribution in [0, 0.1) is 5.41 Å². The van der Waals surface area contributed by atoms with Crippen molar-refractivity contribution in [1.82, 2.24) is 10.2 Å². The Kier molecular flexibility index (Phi) is 6.69. The summed E-state index contributed by atoms with van der Waals surface area (Å²) in [5.41, 5.74) is 1.53. The number of hydrogen-bond acceptors (Lipinski definition) is 3. The van der Waals surface area contributed by atoms with E-state index in [1.807, 2.05) is 12.1 Å². The van der Waals surface area contributed by atoms with Crippen molar-refractivity contribution in [3.05, 3.63) is 29.8 Å². The molecule has 0 aliphatic rings.